The van der Waals surface area contributed by atoms with Crippen molar-refractivity contribution in [3.8, 4) is 0 Å². The molecule has 1 unspecified atom stereocenters. The molecule has 2 aromatic rings. The second-order valence-corrected chi connectivity index (χ2v) is 6.92. The van der Waals surface area contributed by atoms with Gasteiger partial charge in [-0.1, -0.05) is 12.5 Å². The van der Waals surface area contributed by atoms with Crippen molar-refractivity contribution >= 4 is 5.82 Å². The Hall–Kier alpha value is -1.91. The normalized spacial score (nSPS) is 21.8. The summed E-state index contributed by atoms with van der Waals surface area (Å²) >= 11 is 0. The summed E-state index contributed by atoms with van der Waals surface area (Å²) in [5.41, 5.74) is 1.21. The quantitative estimate of drug-likeness (QED) is 0.855. The average molecular weight is 311 g/mol. The van der Waals surface area contributed by atoms with Crippen LogP contribution >= 0.6 is 0 Å². The molecule has 4 heterocycles. The van der Waals surface area contributed by atoms with Crippen molar-refractivity contribution in [3.63, 3.8) is 0 Å². The van der Waals surface area contributed by atoms with Crippen LogP contribution in [0.4, 0.5) is 5.82 Å². The molecular weight excluding hydrogens is 286 g/mol. The van der Waals surface area contributed by atoms with Crippen molar-refractivity contribution in [1.82, 2.24) is 19.7 Å². The molecule has 0 bridgehead atoms. The Bertz CT molecular complexity index is 661. The van der Waals surface area contributed by atoms with Gasteiger partial charge >= 0.3 is 0 Å². The lowest BCUT2D eigenvalue weighted by Gasteiger charge is -2.33. The minimum Gasteiger partial charge on any atom is -0.356 e. The molecule has 1 fully saturated rings. The first-order chi connectivity index (χ1) is 11.3. The Balaban J connectivity index is 1.55. The fourth-order valence-electron chi connectivity index (χ4n) is 3.85. The zero-order valence-electron chi connectivity index (χ0n) is 13.9. The Morgan fingerprint density at radius 1 is 1.04 bits per heavy atom. The van der Waals surface area contributed by atoms with Crippen LogP contribution in [0.25, 0.3) is 0 Å². The molecule has 1 atom stereocenters. The van der Waals surface area contributed by atoms with E-state index in [1.807, 2.05) is 6.20 Å². The molecule has 23 heavy (non-hydrogen) atoms. The summed E-state index contributed by atoms with van der Waals surface area (Å²) in [4.78, 5) is 7.01. The van der Waals surface area contributed by atoms with Crippen molar-refractivity contribution in [3.05, 3.63) is 35.5 Å². The van der Waals surface area contributed by atoms with Crippen molar-refractivity contribution in [2.45, 2.75) is 57.9 Å². The van der Waals surface area contributed by atoms with Crippen LogP contribution in [0, 0.1) is 6.92 Å². The highest BCUT2D eigenvalue weighted by molar-refractivity contribution is 5.40. The molecule has 5 nitrogen and oxygen atoms in total. The zero-order valence-corrected chi connectivity index (χ0v) is 13.9. The maximum absolute atomic E-state index is 4.60. The summed E-state index contributed by atoms with van der Waals surface area (Å²) < 4.78 is 2.41. The molecule has 2 aliphatic rings. The van der Waals surface area contributed by atoms with Crippen molar-refractivity contribution in [2.75, 3.05) is 18.0 Å². The van der Waals surface area contributed by atoms with E-state index < -0.39 is 0 Å². The van der Waals surface area contributed by atoms with Crippen LogP contribution in [0.2, 0.25) is 0 Å². The standard InChI is InChI=1S/C18H25N5/c1-14-8-9-16(19-12-14)22-10-5-6-15(13-22)18-21-20-17-7-3-2-4-11-23(17)18/h8-9,12,15H,2-7,10-11,13H2,1H3. The van der Waals surface area contributed by atoms with E-state index in [1.54, 1.807) is 0 Å². The van der Waals surface area contributed by atoms with E-state index in [0.717, 1.165) is 31.9 Å². The minimum absolute atomic E-state index is 0.478. The third-order valence-corrected chi connectivity index (χ3v) is 5.14. The number of anilines is 1. The highest BCUT2D eigenvalue weighted by Gasteiger charge is 2.27. The van der Waals surface area contributed by atoms with Crippen LogP contribution in [0.5, 0.6) is 0 Å². The van der Waals surface area contributed by atoms with E-state index in [1.165, 1.54) is 49.3 Å². The van der Waals surface area contributed by atoms with Crippen LogP contribution in [-0.4, -0.2) is 32.8 Å². The van der Waals surface area contributed by atoms with Gasteiger partial charge in [0.2, 0.25) is 0 Å². The predicted octanol–water partition coefficient (Wildman–Crippen LogP) is 3.09. The molecule has 4 rings (SSSR count). The first-order valence-electron chi connectivity index (χ1n) is 8.91. The molecule has 0 amide bonds. The second-order valence-electron chi connectivity index (χ2n) is 6.92. The molecule has 1 saturated heterocycles. The fourth-order valence-corrected chi connectivity index (χ4v) is 3.85. The van der Waals surface area contributed by atoms with Gasteiger partial charge in [-0.25, -0.2) is 4.98 Å². The first-order valence-corrected chi connectivity index (χ1v) is 8.91. The van der Waals surface area contributed by atoms with E-state index >= 15 is 0 Å². The van der Waals surface area contributed by atoms with Gasteiger partial charge in [-0.3, -0.25) is 0 Å². The number of hydrogen-bond acceptors (Lipinski definition) is 4. The number of nitrogens with zero attached hydrogens (tertiary/aromatic N) is 5. The summed E-state index contributed by atoms with van der Waals surface area (Å²) in [5.74, 6) is 3.98. The van der Waals surface area contributed by atoms with Crippen molar-refractivity contribution in [1.29, 1.82) is 0 Å². The SMILES string of the molecule is Cc1ccc(N2CCCC(c3nnc4n3CCCCC4)C2)nc1. The summed E-state index contributed by atoms with van der Waals surface area (Å²) in [6, 6.07) is 4.29. The van der Waals surface area contributed by atoms with Gasteiger partial charge < -0.3 is 9.47 Å². The van der Waals surface area contributed by atoms with Gasteiger partial charge in [0.25, 0.3) is 0 Å². The molecule has 0 spiro atoms. The Morgan fingerprint density at radius 3 is 2.87 bits per heavy atom. The molecule has 0 radical (unpaired) electrons. The van der Waals surface area contributed by atoms with Crippen LogP contribution in [0.3, 0.4) is 0 Å². The molecular formula is C18H25N5. The van der Waals surface area contributed by atoms with E-state index in [9.17, 15) is 0 Å². The summed E-state index contributed by atoms with van der Waals surface area (Å²) in [6.07, 6.45) is 9.27. The Kier molecular flexibility index (Phi) is 4.02. The lowest BCUT2D eigenvalue weighted by atomic mass is 9.97. The van der Waals surface area contributed by atoms with E-state index in [2.05, 4.69) is 43.7 Å². The van der Waals surface area contributed by atoms with Gasteiger partial charge in [-0.05, 0) is 44.2 Å². The maximum Gasteiger partial charge on any atom is 0.137 e. The van der Waals surface area contributed by atoms with Crippen LogP contribution in [0.1, 0.15) is 55.2 Å². The third-order valence-electron chi connectivity index (χ3n) is 5.14. The van der Waals surface area contributed by atoms with Gasteiger partial charge in [-0.2, -0.15) is 0 Å². The number of fused-ring (bicyclic) bond motifs is 1. The van der Waals surface area contributed by atoms with E-state index in [0.29, 0.717) is 5.92 Å². The maximum atomic E-state index is 4.60. The molecule has 2 aliphatic heterocycles. The second kappa shape index (κ2) is 6.30. The minimum atomic E-state index is 0.478. The van der Waals surface area contributed by atoms with Gasteiger partial charge in [0.1, 0.15) is 17.5 Å². The van der Waals surface area contributed by atoms with Gasteiger partial charge in [0.05, 0.1) is 0 Å². The topological polar surface area (TPSA) is 46.8 Å². The summed E-state index contributed by atoms with van der Waals surface area (Å²) in [7, 11) is 0. The zero-order chi connectivity index (χ0) is 15.6. The van der Waals surface area contributed by atoms with Gasteiger partial charge in [0.15, 0.2) is 0 Å². The molecule has 2 aromatic heterocycles. The smallest absolute Gasteiger partial charge is 0.137 e. The Morgan fingerprint density at radius 2 is 2.00 bits per heavy atom. The fraction of sp³-hybridized carbons (Fsp3) is 0.611. The highest BCUT2D eigenvalue weighted by Crippen LogP contribution is 2.29. The van der Waals surface area contributed by atoms with Crippen molar-refractivity contribution < 1.29 is 0 Å². The number of piperidine rings is 1. The molecule has 0 aromatic carbocycles. The van der Waals surface area contributed by atoms with Gasteiger partial charge in [-0.15, -0.1) is 10.2 Å². The summed E-state index contributed by atoms with van der Waals surface area (Å²) in [6.45, 7) is 5.28. The number of aromatic nitrogens is 4. The molecule has 5 heteroatoms. The van der Waals surface area contributed by atoms with Gasteiger partial charge in [0, 0.05) is 38.2 Å². The lowest BCUT2D eigenvalue weighted by molar-refractivity contribution is 0.464. The number of pyridine rings is 1. The Labute approximate surface area is 137 Å². The lowest BCUT2D eigenvalue weighted by Crippen LogP contribution is -2.36. The molecule has 0 saturated carbocycles. The molecule has 0 aliphatic carbocycles. The van der Waals surface area contributed by atoms with E-state index in [4.69, 9.17) is 0 Å². The summed E-state index contributed by atoms with van der Waals surface area (Å²) in [5, 5.41) is 9.05. The highest BCUT2D eigenvalue weighted by atomic mass is 15.3. The van der Waals surface area contributed by atoms with Crippen LogP contribution < -0.4 is 4.90 Å². The first kappa shape index (κ1) is 14.7. The van der Waals surface area contributed by atoms with Crippen LogP contribution in [-0.2, 0) is 13.0 Å². The number of hydrogen-bond donors (Lipinski definition) is 0. The van der Waals surface area contributed by atoms with Crippen molar-refractivity contribution in [2.24, 2.45) is 0 Å². The third kappa shape index (κ3) is 2.96. The molecule has 122 valence electrons. The number of aryl methyl sites for hydroxylation is 2. The molecule has 0 N–H and O–H groups in total. The number of rotatable bonds is 2. The van der Waals surface area contributed by atoms with Crippen LogP contribution in [0.15, 0.2) is 18.3 Å². The predicted molar refractivity (Wildman–Crippen MR) is 90.7 cm³/mol. The monoisotopic (exact) mass is 311 g/mol. The largest absolute Gasteiger partial charge is 0.356 e. The van der Waals surface area contributed by atoms with E-state index in [-0.39, 0.29) is 0 Å². The average Bonchev–Trinajstić information content (AvgIpc) is 2.84.